The smallest absolute Gasteiger partial charge is 0.257 e. The molecule has 1 aromatic carbocycles. The molecule has 5 nitrogen and oxygen atoms in total. The summed E-state index contributed by atoms with van der Waals surface area (Å²) in [6, 6.07) is 11.1. The van der Waals surface area contributed by atoms with Crippen LogP contribution in [0.15, 0.2) is 61.2 Å². The van der Waals surface area contributed by atoms with Crippen LogP contribution >= 0.6 is 0 Å². The number of nitrogens with zero attached hydrogens (tertiary/aromatic N) is 3. The van der Waals surface area contributed by atoms with Crippen molar-refractivity contribution in [3.8, 4) is 11.1 Å². The van der Waals surface area contributed by atoms with Crippen LogP contribution in [0, 0.1) is 0 Å². The number of amides is 1. The fraction of sp³-hybridized carbons (Fsp3) is 0.0625. The molecule has 0 saturated heterocycles. The van der Waals surface area contributed by atoms with E-state index in [0.717, 1.165) is 16.8 Å². The van der Waals surface area contributed by atoms with E-state index < -0.39 is 0 Å². The van der Waals surface area contributed by atoms with Gasteiger partial charge in [-0.25, -0.2) is 0 Å². The van der Waals surface area contributed by atoms with E-state index in [-0.39, 0.29) is 5.91 Å². The number of pyridine rings is 1. The highest BCUT2D eigenvalue weighted by Gasteiger charge is 2.07. The minimum Gasteiger partial charge on any atom is -0.322 e. The molecule has 0 unspecified atom stereocenters. The van der Waals surface area contributed by atoms with Crippen LogP contribution < -0.4 is 5.32 Å². The second-order valence-electron chi connectivity index (χ2n) is 4.68. The molecule has 0 atom stereocenters. The highest BCUT2D eigenvalue weighted by molar-refractivity contribution is 6.04. The summed E-state index contributed by atoms with van der Waals surface area (Å²) in [5.74, 6) is -0.175. The van der Waals surface area contributed by atoms with Gasteiger partial charge in [-0.2, -0.15) is 5.10 Å². The van der Waals surface area contributed by atoms with E-state index in [4.69, 9.17) is 0 Å². The average Bonchev–Trinajstić information content (AvgIpc) is 2.95. The first-order valence-corrected chi connectivity index (χ1v) is 6.53. The van der Waals surface area contributed by atoms with Gasteiger partial charge in [-0.3, -0.25) is 14.5 Å². The lowest BCUT2D eigenvalue weighted by molar-refractivity contribution is 0.102. The van der Waals surface area contributed by atoms with Gasteiger partial charge in [-0.15, -0.1) is 0 Å². The summed E-state index contributed by atoms with van der Waals surface area (Å²) in [5.41, 5.74) is 3.29. The zero-order valence-electron chi connectivity index (χ0n) is 11.5. The first-order valence-electron chi connectivity index (χ1n) is 6.53. The zero-order valence-corrected chi connectivity index (χ0v) is 11.5. The van der Waals surface area contributed by atoms with E-state index in [0.29, 0.717) is 5.56 Å². The Labute approximate surface area is 122 Å². The summed E-state index contributed by atoms with van der Waals surface area (Å²) in [4.78, 5) is 16.0. The van der Waals surface area contributed by atoms with Crippen molar-refractivity contribution in [3.05, 3.63) is 66.7 Å². The fourth-order valence-electron chi connectivity index (χ4n) is 2.05. The number of hydrogen-bond donors (Lipinski definition) is 1. The summed E-state index contributed by atoms with van der Waals surface area (Å²) in [6.07, 6.45) is 6.91. The molecular formula is C16H14N4O. The highest BCUT2D eigenvalue weighted by atomic mass is 16.1. The molecule has 104 valence electrons. The standard InChI is InChI=1S/C16H14N4O/c1-20-11-14(10-18-20)12-4-2-6-15(8-12)19-16(21)13-5-3-7-17-9-13/h2-11H,1H3,(H,19,21). The summed E-state index contributed by atoms with van der Waals surface area (Å²) < 4.78 is 1.75. The third kappa shape index (κ3) is 2.97. The molecule has 21 heavy (non-hydrogen) atoms. The predicted octanol–water partition coefficient (Wildman–Crippen LogP) is 2.73. The van der Waals surface area contributed by atoms with E-state index in [1.54, 1.807) is 35.4 Å². The number of carbonyl (C=O) groups excluding carboxylic acids is 1. The van der Waals surface area contributed by atoms with Crippen molar-refractivity contribution in [1.29, 1.82) is 0 Å². The van der Waals surface area contributed by atoms with Crippen LogP contribution in [0.2, 0.25) is 0 Å². The monoisotopic (exact) mass is 278 g/mol. The van der Waals surface area contributed by atoms with Gasteiger partial charge in [0.25, 0.3) is 5.91 Å². The summed E-state index contributed by atoms with van der Waals surface area (Å²) in [5, 5.41) is 7.02. The Hall–Kier alpha value is -2.95. The van der Waals surface area contributed by atoms with Crippen molar-refractivity contribution >= 4 is 11.6 Å². The number of hydrogen-bond acceptors (Lipinski definition) is 3. The van der Waals surface area contributed by atoms with Gasteiger partial charge in [0.15, 0.2) is 0 Å². The molecule has 1 N–H and O–H groups in total. The molecule has 5 heteroatoms. The number of aryl methyl sites for hydroxylation is 1. The SMILES string of the molecule is Cn1cc(-c2cccc(NC(=O)c3cccnc3)c2)cn1. The second kappa shape index (κ2) is 5.58. The van der Waals surface area contributed by atoms with Crippen molar-refractivity contribution in [2.75, 3.05) is 5.32 Å². The van der Waals surface area contributed by atoms with Gasteiger partial charge >= 0.3 is 0 Å². The zero-order chi connectivity index (χ0) is 14.7. The highest BCUT2D eigenvalue weighted by Crippen LogP contribution is 2.22. The number of rotatable bonds is 3. The van der Waals surface area contributed by atoms with E-state index in [1.807, 2.05) is 37.5 Å². The number of carbonyl (C=O) groups is 1. The molecule has 3 rings (SSSR count). The van der Waals surface area contributed by atoms with Gasteiger partial charge in [-0.1, -0.05) is 12.1 Å². The van der Waals surface area contributed by atoms with Crippen LogP contribution in [0.25, 0.3) is 11.1 Å². The molecule has 0 aliphatic heterocycles. The molecule has 0 aliphatic rings. The van der Waals surface area contributed by atoms with Crippen molar-refractivity contribution in [1.82, 2.24) is 14.8 Å². The molecule has 0 saturated carbocycles. The maximum atomic E-state index is 12.1. The normalized spacial score (nSPS) is 10.3. The lowest BCUT2D eigenvalue weighted by atomic mass is 10.1. The molecule has 1 amide bonds. The minimum atomic E-state index is -0.175. The Morgan fingerprint density at radius 3 is 2.76 bits per heavy atom. The molecule has 3 aromatic rings. The Bertz CT molecular complexity index is 765. The van der Waals surface area contributed by atoms with E-state index in [2.05, 4.69) is 15.4 Å². The van der Waals surface area contributed by atoms with Gasteiger partial charge in [0.1, 0.15) is 0 Å². The van der Waals surface area contributed by atoms with Crippen molar-refractivity contribution in [3.63, 3.8) is 0 Å². The van der Waals surface area contributed by atoms with Crippen LogP contribution in [0.4, 0.5) is 5.69 Å². The third-order valence-corrected chi connectivity index (χ3v) is 3.08. The van der Waals surface area contributed by atoms with Crippen LogP contribution in [-0.2, 0) is 7.05 Å². The maximum Gasteiger partial charge on any atom is 0.257 e. The van der Waals surface area contributed by atoms with Gasteiger partial charge in [0.2, 0.25) is 0 Å². The predicted molar refractivity (Wildman–Crippen MR) is 80.8 cm³/mol. The fourth-order valence-corrected chi connectivity index (χ4v) is 2.05. The molecule has 0 aliphatic carbocycles. The molecule has 0 spiro atoms. The first-order chi connectivity index (χ1) is 10.2. The summed E-state index contributed by atoms with van der Waals surface area (Å²) in [6.45, 7) is 0. The number of aromatic nitrogens is 3. The molecular weight excluding hydrogens is 264 g/mol. The Kier molecular flexibility index (Phi) is 3.47. The molecule has 2 heterocycles. The van der Waals surface area contributed by atoms with Crippen LogP contribution in [0.5, 0.6) is 0 Å². The number of anilines is 1. The molecule has 0 fully saturated rings. The molecule has 0 radical (unpaired) electrons. The van der Waals surface area contributed by atoms with Crippen molar-refractivity contribution in [2.24, 2.45) is 7.05 Å². The third-order valence-electron chi connectivity index (χ3n) is 3.08. The van der Waals surface area contributed by atoms with E-state index in [1.165, 1.54) is 0 Å². The Morgan fingerprint density at radius 1 is 1.14 bits per heavy atom. The minimum absolute atomic E-state index is 0.175. The quantitative estimate of drug-likeness (QED) is 0.801. The Balaban J connectivity index is 1.82. The Morgan fingerprint density at radius 2 is 2.05 bits per heavy atom. The van der Waals surface area contributed by atoms with Crippen molar-refractivity contribution in [2.45, 2.75) is 0 Å². The lowest BCUT2D eigenvalue weighted by Crippen LogP contribution is -2.11. The van der Waals surface area contributed by atoms with Gasteiger partial charge in [0.05, 0.1) is 11.8 Å². The first kappa shape index (κ1) is 13.1. The second-order valence-corrected chi connectivity index (χ2v) is 4.68. The van der Waals surface area contributed by atoms with Gasteiger partial charge in [0, 0.05) is 36.9 Å². The van der Waals surface area contributed by atoms with Crippen LogP contribution in [-0.4, -0.2) is 20.7 Å². The van der Waals surface area contributed by atoms with Gasteiger partial charge < -0.3 is 5.32 Å². The number of benzene rings is 1. The summed E-state index contributed by atoms with van der Waals surface area (Å²) >= 11 is 0. The van der Waals surface area contributed by atoms with Gasteiger partial charge in [-0.05, 0) is 29.8 Å². The topological polar surface area (TPSA) is 59.8 Å². The van der Waals surface area contributed by atoms with Crippen LogP contribution in [0.1, 0.15) is 10.4 Å². The largest absolute Gasteiger partial charge is 0.322 e. The van der Waals surface area contributed by atoms with Crippen LogP contribution in [0.3, 0.4) is 0 Å². The van der Waals surface area contributed by atoms with E-state index in [9.17, 15) is 4.79 Å². The van der Waals surface area contributed by atoms with Crippen molar-refractivity contribution < 1.29 is 4.79 Å². The lowest BCUT2D eigenvalue weighted by Gasteiger charge is -2.06. The molecule has 0 bridgehead atoms. The maximum absolute atomic E-state index is 12.1. The average molecular weight is 278 g/mol. The van der Waals surface area contributed by atoms with E-state index >= 15 is 0 Å². The summed E-state index contributed by atoms with van der Waals surface area (Å²) in [7, 11) is 1.87. The molecule has 2 aromatic heterocycles. The number of nitrogens with one attached hydrogen (secondary N) is 1.